The number of rotatable bonds is 5. The summed E-state index contributed by atoms with van der Waals surface area (Å²) in [5.74, 6) is 1.85. The van der Waals surface area contributed by atoms with Crippen molar-refractivity contribution in [3.05, 3.63) is 170 Å². The van der Waals surface area contributed by atoms with Crippen molar-refractivity contribution in [3.8, 4) is 51.0 Å². The predicted octanol–water partition coefficient (Wildman–Crippen LogP) is 12.0. The van der Waals surface area contributed by atoms with Crippen LogP contribution < -0.4 is 0 Å². The fraction of sp³-hybridized carbons (Fsp3) is 0. The van der Waals surface area contributed by atoms with Gasteiger partial charge in [-0.05, 0) is 46.5 Å². The van der Waals surface area contributed by atoms with Crippen LogP contribution in [0.25, 0.3) is 93.0 Å². The molecule has 0 aliphatic heterocycles. The average Bonchev–Trinajstić information content (AvgIpc) is 3.74. The number of fused-ring (bicyclic) bond motifs is 6. The monoisotopic (exact) mass is 656 g/mol. The van der Waals surface area contributed by atoms with E-state index in [2.05, 4.69) is 150 Å². The molecule has 10 rings (SSSR count). The van der Waals surface area contributed by atoms with Crippen LogP contribution in [0.3, 0.4) is 0 Å². The smallest absolute Gasteiger partial charge is 0.238 e. The van der Waals surface area contributed by atoms with Crippen LogP contribution in [0.4, 0.5) is 0 Å². The largest absolute Gasteiger partial charge is 0.278 e. The Morgan fingerprint density at radius 1 is 0.380 bits per heavy atom. The average molecular weight is 657 g/mol. The van der Waals surface area contributed by atoms with Gasteiger partial charge in [0.05, 0.1) is 11.0 Å². The van der Waals surface area contributed by atoms with Crippen LogP contribution in [-0.4, -0.2) is 19.5 Å². The third-order valence-corrected chi connectivity index (χ3v) is 10.7. The maximum atomic E-state index is 5.23. The molecule has 0 aliphatic rings. The van der Waals surface area contributed by atoms with E-state index < -0.39 is 0 Å². The van der Waals surface area contributed by atoms with Crippen molar-refractivity contribution in [3.63, 3.8) is 0 Å². The number of para-hydroxylation sites is 1. The Morgan fingerprint density at radius 3 is 1.84 bits per heavy atom. The molecule has 0 saturated heterocycles. The van der Waals surface area contributed by atoms with Crippen LogP contribution >= 0.6 is 11.3 Å². The molecule has 10 aromatic rings. The summed E-state index contributed by atoms with van der Waals surface area (Å²) in [5.41, 5.74) is 8.62. The Kier molecular flexibility index (Phi) is 6.64. The van der Waals surface area contributed by atoms with Gasteiger partial charge < -0.3 is 0 Å². The van der Waals surface area contributed by atoms with Gasteiger partial charge in [0.1, 0.15) is 0 Å². The molecule has 0 atom stereocenters. The first-order valence-corrected chi connectivity index (χ1v) is 17.5. The van der Waals surface area contributed by atoms with E-state index in [0.29, 0.717) is 17.6 Å². The van der Waals surface area contributed by atoms with Crippen molar-refractivity contribution >= 4 is 53.3 Å². The number of hydrogen-bond donors (Lipinski definition) is 0. The van der Waals surface area contributed by atoms with Crippen molar-refractivity contribution in [1.82, 2.24) is 19.5 Å². The summed E-state index contributed by atoms with van der Waals surface area (Å²) in [5, 5.41) is 4.90. The highest BCUT2D eigenvalue weighted by Gasteiger charge is 2.19. The second kappa shape index (κ2) is 11.6. The highest BCUT2D eigenvalue weighted by molar-refractivity contribution is 7.26. The molecule has 0 radical (unpaired) electrons. The first-order valence-electron chi connectivity index (χ1n) is 16.7. The Morgan fingerprint density at radius 2 is 1.00 bits per heavy atom. The molecule has 7 aromatic carbocycles. The quantitative estimate of drug-likeness (QED) is 0.185. The van der Waals surface area contributed by atoms with Crippen LogP contribution in [0, 0.1) is 0 Å². The summed E-state index contributed by atoms with van der Waals surface area (Å²) in [7, 11) is 0. The Labute approximate surface area is 292 Å². The van der Waals surface area contributed by atoms with Crippen molar-refractivity contribution in [2.24, 2.45) is 0 Å². The van der Waals surface area contributed by atoms with Gasteiger partial charge in [0.15, 0.2) is 11.6 Å². The number of hydrogen-bond acceptors (Lipinski definition) is 4. The minimum atomic E-state index is 0.586. The predicted molar refractivity (Wildman–Crippen MR) is 209 cm³/mol. The molecule has 3 aromatic heterocycles. The highest BCUT2D eigenvalue weighted by Crippen LogP contribution is 2.41. The van der Waals surface area contributed by atoms with Gasteiger partial charge in [-0.2, -0.15) is 9.97 Å². The maximum Gasteiger partial charge on any atom is 0.238 e. The molecule has 0 N–H and O–H groups in total. The third kappa shape index (κ3) is 4.71. The number of benzene rings is 7. The summed E-state index contributed by atoms with van der Waals surface area (Å²) >= 11 is 1.85. The van der Waals surface area contributed by atoms with Crippen LogP contribution in [-0.2, 0) is 0 Å². The summed E-state index contributed by atoms with van der Waals surface area (Å²) in [6.45, 7) is 0. The second-order valence-corrected chi connectivity index (χ2v) is 13.5. The van der Waals surface area contributed by atoms with E-state index in [1.165, 1.54) is 25.7 Å². The van der Waals surface area contributed by atoms with E-state index in [1.807, 2.05) is 35.6 Å². The molecular weight excluding hydrogens is 629 g/mol. The molecule has 234 valence electrons. The lowest BCUT2D eigenvalue weighted by Crippen LogP contribution is -2.06. The minimum absolute atomic E-state index is 0.586. The normalized spacial score (nSPS) is 11.6. The lowest BCUT2D eigenvalue weighted by molar-refractivity contribution is 0.953. The fourth-order valence-corrected chi connectivity index (χ4v) is 8.34. The summed E-state index contributed by atoms with van der Waals surface area (Å²) in [6.07, 6.45) is 0. The number of thiophene rings is 1. The Balaban J connectivity index is 1.22. The van der Waals surface area contributed by atoms with Gasteiger partial charge in [-0.3, -0.25) is 4.57 Å². The lowest BCUT2D eigenvalue weighted by atomic mass is 10.0. The van der Waals surface area contributed by atoms with Crippen molar-refractivity contribution in [2.45, 2.75) is 0 Å². The van der Waals surface area contributed by atoms with Gasteiger partial charge in [0.2, 0.25) is 5.95 Å². The van der Waals surface area contributed by atoms with Gasteiger partial charge in [-0.1, -0.05) is 146 Å². The van der Waals surface area contributed by atoms with Gasteiger partial charge >= 0.3 is 0 Å². The van der Waals surface area contributed by atoms with Gasteiger partial charge in [-0.25, -0.2) is 4.98 Å². The standard InChI is InChI=1S/C45H28N4S/c1-3-13-29(14-4-1)31-17-11-18-33(27-31)44-46-43(30-15-5-2-6-16-30)47-45(48-44)49-39-23-9-7-19-35(39)36-26-25-32(28-40(36)49)34-21-12-22-38-37-20-8-10-24-41(37)50-42(34)38/h1-28H. The zero-order chi connectivity index (χ0) is 33.0. The first kappa shape index (κ1) is 28.6. The van der Waals surface area contributed by atoms with Crippen LogP contribution in [0.1, 0.15) is 0 Å². The van der Waals surface area contributed by atoms with Crippen molar-refractivity contribution in [1.29, 1.82) is 0 Å². The molecule has 0 saturated carbocycles. The number of aromatic nitrogens is 4. The maximum absolute atomic E-state index is 5.23. The van der Waals surface area contributed by atoms with Gasteiger partial charge in [-0.15, -0.1) is 11.3 Å². The van der Waals surface area contributed by atoms with Gasteiger partial charge in [0.25, 0.3) is 0 Å². The van der Waals surface area contributed by atoms with E-state index in [9.17, 15) is 0 Å². The zero-order valence-corrected chi connectivity index (χ0v) is 27.7. The summed E-state index contributed by atoms with van der Waals surface area (Å²) in [4.78, 5) is 15.5. The summed E-state index contributed by atoms with van der Waals surface area (Å²) < 4.78 is 4.80. The molecule has 50 heavy (non-hydrogen) atoms. The number of nitrogens with zero attached hydrogens (tertiary/aromatic N) is 4. The zero-order valence-electron chi connectivity index (χ0n) is 26.9. The Hall–Kier alpha value is -6.43. The SMILES string of the molecule is c1ccc(-c2cccc(-c3nc(-c4ccccc4)nc(-n4c5ccccc5c5ccc(-c6cccc7c6sc6ccccc67)cc54)n3)c2)cc1. The second-order valence-electron chi connectivity index (χ2n) is 12.5. The van der Waals surface area contributed by atoms with E-state index in [4.69, 9.17) is 15.0 Å². The Bertz CT molecular complexity index is 2870. The van der Waals surface area contributed by atoms with Crippen molar-refractivity contribution in [2.75, 3.05) is 0 Å². The van der Waals surface area contributed by atoms with Crippen LogP contribution in [0.5, 0.6) is 0 Å². The topological polar surface area (TPSA) is 43.6 Å². The fourth-order valence-electron chi connectivity index (χ4n) is 7.11. The molecule has 4 nitrogen and oxygen atoms in total. The molecule has 3 heterocycles. The van der Waals surface area contributed by atoms with Crippen LogP contribution in [0.2, 0.25) is 0 Å². The van der Waals surface area contributed by atoms with Crippen molar-refractivity contribution < 1.29 is 0 Å². The molecule has 0 fully saturated rings. The lowest BCUT2D eigenvalue weighted by Gasteiger charge is -2.12. The first-order chi connectivity index (χ1) is 24.8. The molecule has 0 unspecified atom stereocenters. The minimum Gasteiger partial charge on any atom is -0.278 e. The van der Waals surface area contributed by atoms with E-state index in [-0.39, 0.29) is 0 Å². The molecule has 0 amide bonds. The molecule has 0 bridgehead atoms. The van der Waals surface area contributed by atoms with Crippen LogP contribution in [0.15, 0.2) is 170 Å². The molecule has 0 spiro atoms. The van der Waals surface area contributed by atoms with E-state index >= 15 is 0 Å². The molecule has 5 heteroatoms. The van der Waals surface area contributed by atoms with Gasteiger partial charge in [0, 0.05) is 42.1 Å². The van der Waals surface area contributed by atoms with E-state index in [1.54, 1.807) is 0 Å². The third-order valence-electron chi connectivity index (χ3n) is 9.47. The molecular formula is C45H28N4S. The molecule has 0 aliphatic carbocycles. The highest BCUT2D eigenvalue weighted by atomic mass is 32.1. The van der Waals surface area contributed by atoms with E-state index in [0.717, 1.165) is 49.6 Å². The summed E-state index contributed by atoms with van der Waals surface area (Å²) in [6, 6.07) is 59.7.